The molecule has 1 atom stereocenters. The highest BCUT2D eigenvalue weighted by atomic mass is 32.1. The minimum absolute atomic E-state index is 0.264. The number of hydrogen-bond acceptors (Lipinski definition) is 2. The maximum Gasteiger partial charge on any atom is 0.129 e. The summed E-state index contributed by atoms with van der Waals surface area (Å²) in [5.74, 6) is 0.836. The predicted molar refractivity (Wildman–Crippen MR) is 47.5 cm³/mol. The molecule has 0 rings (SSSR count). The standard InChI is InChI=1S/C8H16OS/c1-6(2)8(10)5-4-7(3)9/h6,8,10H,4-5H2,1-3H3. The first-order valence-corrected chi connectivity index (χ1v) is 4.23. The van der Waals surface area contributed by atoms with E-state index in [4.69, 9.17) is 0 Å². The molecular formula is C8H16OS. The van der Waals surface area contributed by atoms with E-state index in [1.54, 1.807) is 6.92 Å². The van der Waals surface area contributed by atoms with Gasteiger partial charge in [0.05, 0.1) is 0 Å². The Morgan fingerprint density at radius 3 is 2.30 bits per heavy atom. The van der Waals surface area contributed by atoms with Crippen LogP contribution in [0.5, 0.6) is 0 Å². The van der Waals surface area contributed by atoms with Gasteiger partial charge in [-0.2, -0.15) is 12.6 Å². The lowest BCUT2D eigenvalue weighted by Gasteiger charge is -2.12. The summed E-state index contributed by atoms with van der Waals surface area (Å²) < 4.78 is 0. The largest absolute Gasteiger partial charge is 0.300 e. The number of ketones is 1. The molecule has 0 radical (unpaired) electrons. The molecule has 0 aliphatic heterocycles. The molecule has 0 aliphatic rings. The SMILES string of the molecule is CC(=O)CCC(S)C(C)C. The highest BCUT2D eigenvalue weighted by molar-refractivity contribution is 7.81. The van der Waals surface area contributed by atoms with E-state index in [0.29, 0.717) is 17.6 Å². The maximum atomic E-state index is 10.5. The first kappa shape index (κ1) is 10.0. The lowest BCUT2D eigenvalue weighted by atomic mass is 10.0. The summed E-state index contributed by atoms with van der Waals surface area (Å²) in [6.07, 6.45) is 1.59. The molecule has 0 spiro atoms. The minimum Gasteiger partial charge on any atom is -0.300 e. The molecule has 0 amide bonds. The molecule has 1 unspecified atom stereocenters. The van der Waals surface area contributed by atoms with E-state index in [1.165, 1.54) is 0 Å². The van der Waals surface area contributed by atoms with Crippen molar-refractivity contribution >= 4 is 18.4 Å². The van der Waals surface area contributed by atoms with Crippen LogP contribution in [0.3, 0.4) is 0 Å². The van der Waals surface area contributed by atoms with Gasteiger partial charge >= 0.3 is 0 Å². The van der Waals surface area contributed by atoms with E-state index >= 15 is 0 Å². The molecule has 10 heavy (non-hydrogen) atoms. The minimum atomic E-state index is 0.264. The average molecular weight is 160 g/mol. The van der Waals surface area contributed by atoms with Crippen LogP contribution in [0.4, 0.5) is 0 Å². The molecular weight excluding hydrogens is 144 g/mol. The predicted octanol–water partition coefficient (Wildman–Crippen LogP) is 2.31. The van der Waals surface area contributed by atoms with Crippen LogP contribution in [0.2, 0.25) is 0 Å². The Hall–Kier alpha value is 0.0200. The van der Waals surface area contributed by atoms with Gasteiger partial charge in [-0.05, 0) is 19.3 Å². The molecule has 0 aromatic heterocycles. The van der Waals surface area contributed by atoms with Crippen LogP contribution in [0, 0.1) is 5.92 Å². The van der Waals surface area contributed by atoms with Gasteiger partial charge in [0.2, 0.25) is 0 Å². The number of hydrogen-bond donors (Lipinski definition) is 1. The van der Waals surface area contributed by atoms with Gasteiger partial charge in [0, 0.05) is 11.7 Å². The summed E-state index contributed by atoms with van der Waals surface area (Å²) in [5, 5.41) is 0.379. The van der Waals surface area contributed by atoms with E-state index in [-0.39, 0.29) is 5.78 Å². The fourth-order valence-corrected chi connectivity index (χ4v) is 0.814. The molecule has 2 heteroatoms. The third-order valence-corrected chi connectivity index (χ3v) is 2.42. The molecule has 0 saturated carbocycles. The second-order valence-electron chi connectivity index (χ2n) is 3.05. The summed E-state index contributed by atoms with van der Waals surface area (Å²) >= 11 is 4.35. The van der Waals surface area contributed by atoms with Crippen LogP contribution in [-0.4, -0.2) is 11.0 Å². The Morgan fingerprint density at radius 2 is 2.00 bits per heavy atom. The van der Waals surface area contributed by atoms with Gasteiger partial charge in [0.25, 0.3) is 0 Å². The van der Waals surface area contributed by atoms with Gasteiger partial charge in [-0.1, -0.05) is 13.8 Å². The van der Waals surface area contributed by atoms with Crippen LogP contribution >= 0.6 is 12.6 Å². The van der Waals surface area contributed by atoms with E-state index in [1.807, 2.05) is 0 Å². The quantitative estimate of drug-likeness (QED) is 0.624. The summed E-state index contributed by atoms with van der Waals surface area (Å²) in [6.45, 7) is 5.87. The molecule has 0 aromatic rings. The monoisotopic (exact) mass is 160 g/mol. The van der Waals surface area contributed by atoms with Gasteiger partial charge in [-0.3, -0.25) is 0 Å². The lowest BCUT2D eigenvalue weighted by molar-refractivity contribution is -0.117. The van der Waals surface area contributed by atoms with Crippen molar-refractivity contribution in [1.29, 1.82) is 0 Å². The number of carbonyl (C=O) groups excluding carboxylic acids is 1. The smallest absolute Gasteiger partial charge is 0.129 e. The second kappa shape index (κ2) is 4.78. The zero-order chi connectivity index (χ0) is 8.15. The van der Waals surface area contributed by atoms with Gasteiger partial charge in [-0.25, -0.2) is 0 Å². The van der Waals surface area contributed by atoms with E-state index in [0.717, 1.165) is 6.42 Å². The molecule has 60 valence electrons. The van der Waals surface area contributed by atoms with Crippen LogP contribution < -0.4 is 0 Å². The van der Waals surface area contributed by atoms with Crippen molar-refractivity contribution in [1.82, 2.24) is 0 Å². The van der Waals surface area contributed by atoms with Crippen LogP contribution in [-0.2, 0) is 4.79 Å². The molecule has 0 fully saturated rings. The van der Waals surface area contributed by atoms with Crippen molar-refractivity contribution in [2.45, 2.75) is 38.9 Å². The fraction of sp³-hybridized carbons (Fsp3) is 0.875. The Bertz CT molecular complexity index is 110. The lowest BCUT2D eigenvalue weighted by Crippen LogP contribution is -2.09. The summed E-state index contributed by atoms with van der Waals surface area (Å²) in [4.78, 5) is 10.5. The second-order valence-corrected chi connectivity index (χ2v) is 3.72. The summed E-state index contributed by atoms with van der Waals surface area (Å²) in [5.41, 5.74) is 0. The fourth-order valence-electron chi connectivity index (χ4n) is 0.684. The molecule has 0 bridgehead atoms. The highest BCUT2D eigenvalue weighted by Crippen LogP contribution is 2.14. The molecule has 0 N–H and O–H groups in total. The topological polar surface area (TPSA) is 17.1 Å². The van der Waals surface area contributed by atoms with Gasteiger partial charge in [0.1, 0.15) is 5.78 Å². The number of thiol groups is 1. The van der Waals surface area contributed by atoms with E-state index < -0.39 is 0 Å². The van der Waals surface area contributed by atoms with Crippen LogP contribution in [0.15, 0.2) is 0 Å². The molecule has 0 heterocycles. The Morgan fingerprint density at radius 1 is 1.50 bits per heavy atom. The summed E-state index contributed by atoms with van der Waals surface area (Å²) in [6, 6.07) is 0. The van der Waals surface area contributed by atoms with Crippen molar-refractivity contribution in [2.24, 2.45) is 5.92 Å². The van der Waals surface area contributed by atoms with Crippen molar-refractivity contribution in [2.75, 3.05) is 0 Å². The number of carbonyl (C=O) groups is 1. The Labute approximate surface area is 68.6 Å². The molecule has 0 saturated heterocycles. The van der Waals surface area contributed by atoms with Crippen molar-refractivity contribution in [3.63, 3.8) is 0 Å². The number of rotatable bonds is 4. The average Bonchev–Trinajstić information content (AvgIpc) is 1.82. The first-order valence-electron chi connectivity index (χ1n) is 3.71. The number of Topliss-reactive ketones (excluding diaryl/α,β-unsaturated/α-hetero) is 1. The third-order valence-electron chi connectivity index (χ3n) is 1.56. The first-order chi connectivity index (χ1) is 4.54. The van der Waals surface area contributed by atoms with E-state index in [2.05, 4.69) is 26.5 Å². The summed E-state index contributed by atoms with van der Waals surface area (Å²) in [7, 11) is 0. The normalized spacial score (nSPS) is 13.7. The van der Waals surface area contributed by atoms with Crippen molar-refractivity contribution in [3.05, 3.63) is 0 Å². The molecule has 0 aromatic carbocycles. The van der Waals surface area contributed by atoms with Gasteiger partial charge in [-0.15, -0.1) is 0 Å². The van der Waals surface area contributed by atoms with E-state index in [9.17, 15) is 4.79 Å². The third kappa shape index (κ3) is 4.86. The van der Waals surface area contributed by atoms with Crippen molar-refractivity contribution in [3.8, 4) is 0 Å². The van der Waals surface area contributed by atoms with Gasteiger partial charge < -0.3 is 4.79 Å². The van der Waals surface area contributed by atoms with Crippen LogP contribution in [0.1, 0.15) is 33.6 Å². The van der Waals surface area contributed by atoms with Gasteiger partial charge in [0.15, 0.2) is 0 Å². The van der Waals surface area contributed by atoms with Crippen LogP contribution in [0.25, 0.3) is 0 Å². The Kier molecular flexibility index (Phi) is 4.79. The maximum absolute atomic E-state index is 10.5. The Balaban J connectivity index is 3.39. The highest BCUT2D eigenvalue weighted by Gasteiger charge is 2.07. The zero-order valence-electron chi connectivity index (χ0n) is 6.92. The van der Waals surface area contributed by atoms with Crippen molar-refractivity contribution < 1.29 is 4.79 Å². The molecule has 1 nitrogen and oxygen atoms in total. The molecule has 0 aliphatic carbocycles. The zero-order valence-corrected chi connectivity index (χ0v) is 7.82.